The number of aromatic amines is 1. The lowest BCUT2D eigenvalue weighted by Crippen LogP contribution is -2.58. The standard InChI is InChI=1S/C54H67N7O12/c1-34(62)56-40(30-45(63)64)50(68)60-42(32-47(66)73-54(5,6)7)51(69)59-41(31-46(65)72-53(2,3)4)49(67)55-25-16-8-9-17-26-71-38-24-18-21-36(27-38)29-43-52(70)61-33-44(37-22-14-11-15-23-37)57-39(48(61)58-43)28-35-19-12-10-13-20-35/h10-15,18-24,27,33,40-42,57H,8-9,16-17,25-26,28-32H2,1-7H3,(H,55,67)(H,56,62)(H,59,69)(H,60,68)(H,63,64)/t40-,41-,42-/m0/s1. The maximum absolute atomic E-state index is 13.9. The minimum atomic E-state index is -1.71. The van der Waals surface area contributed by atoms with Crippen LogP contribution >= 0.6 is 0 Å². The van der Waals surface area contributed by atoms with Crippen molar-refractivity contribution >= 4 is 41.5 Å². The maximum atomic E-state index is 13.9. The van der Waals surface area contributed by atoms with E-state index in [0.717, 1.165) is 41.4 Å². The second-order valence-electron chi connectivity index (χ2n) is 19.7. The van der Waals surface area contributed by atoms with Gasteiger partial charge in [0.1, 0.15) is 40.8 Å². The fourth-order valence-corrected chi connectivity index (χ4v) is 7.72. The molecule has 3 aromatic rings. The van der Waals surface area contributed by atoms with Gasteiger partial charge < -0.3 is 45.6 Å². The lowest BCUT2D eigenvalue weighted by molar-refractivity contribution is -0.158. The van der Waals surface area contributed by atoms with Crippen LogP contribution in [0, 0.1) is 0 Å². The van der Waals surface area contributed by atoms with Gasteiger partial charge in [0.15, 0.2) is 5.82 Å². The third-order valence-electron chi connectivity index (χ3n) is 10.9. The smallest absolute Gasteiger partial charge is 0.308 e. The van der Waals surface area contributed by atoms with Crippen LogP contribution in [0.1, 0.15) is 116 Å². The predicted octanol–water partition coefficient (Wildman–Crippen LogP) is 5.32. The number of carbonyl (C=O) groups is 7. The molecule has 2 aliphatic heterocycles. The van der Waals surface area contributed by atoms with E-state index in [9.17, 15) is 43.5 Å². The highest BCUT2D eigenvalue weighted by Gasteiger charge is 2.34. The Morgan fingerprint density at radius 3 is 1.82 bits per heavy atom. The first-order valence-electron chi connectivity index (χ1n) is 24.3. The third kappa shape index (κ3) is 18.7. The fourth-order valence-electron chi connectivity index (χ4n) is 7.72. The highest BCUT2D eigenvalue weighted by Crippen LogP contribution is 2.25. The van der Waals surface area contributed by atoms with Crippen LogP contribution in [-0.2, 0) is 55.9 Å². The van der Waals surface area contributed by atoms with Crippen LogP contribution in [0.3, 0.4) is 0 Å². The topological polar surface area (TPSA) is 266 Å². The number of esters is 2. The summed E-state index contributed by atoms with van der Waals surface area (Å²) in [7, 11) is 0. The number of H-pyrrole nitrogens is 1. The summed E-state index contributed by atoms with van der Waals surface area (Å²) in [6.07, 6.45) is 3.16. The number of unbranched alkanes of at least 4 members (excludes halogenated alkanes) is 3. The number of amides is 4. The molecule has 0 fully saturated rings. The Morgan fingerprint density at radius 2 is 1.23 bits per heavy atom. The minimum absolute atomic E-state index is 0.179. The Balaban J connectivity index is 1.16. The van der Waals surface area contributed by atoms with Crippen molar-refractivity contribution in [3.8, 4) is 22.8 Å². The molecule has 0 radical (unpaired) electrons. The second-order valence-corrected chi connectivity index (χ2v) is 19.7. The quantitative estimate of drug-likeness (QED) is 0.0320. The van der Waals surface area contributed by atoms with E-state index in [1.165, 1.54) is 0 Å². The van der Waals surface area contributed by atoms with E-state index < -0.39 is 90.1 Å². The van der Waals surface area contributed by atoms with Gasteiger partial charge in [-0.05, 0) is 83.2 Å². The summed E-state index contributed by atoms with van der Waals surface area (Å²) < 4.78 is 18.5. The molecule has 0 saturated carbocycles. The Hall–Kier alpha value is -7.83. The first-order valence-corrected chi connectivity index (χ1v) is 24.3. The molecule has 0 unspecified atom stereocenters. The van der Waals surface area contributed by atoms with E-state index in [-0.39, 0.29) is 12.1 Å². The molecule has 3 atom stereocenters. The minimum Gasteiger partial charge on any atom is -0.494 e. The van der Waals surface area contributed by atoms with Crippen molar-refractivity contribution in [3.63, 3.8) is 0 Å². The summed E-state index contributed by atoms with van der Waals surface area (Å²) in [6.45, 7) is 11.3. The van der Waals surface area contributed by atoms with Gasteiger partial charge in [0.25, 0.3) is 5.56 Å². The number of ether oxygens (including phenoxy) is 3. The Bertz CT molecular complexity index is 2710. The van der Waals surface area contributed by atoms with Gasteiger partial charge in [-0.25, -0.2) is 4.98 Å². The molecule has 2 aliphatic rings. The number of hydrogen-bond donors (Lipinski definition) is 6. The monoisotopic (exact) mass is 1010 g/mol. The zero-order valence-corrected chi connectivity index (χ0v) is 42.5. The van der Waals surface area contributed by atoms with Crippen LogP contribution in [0.25, 0.3) is 17.1 Å². The Morgan fingerprint density at radius 1 is 0.671 bits per heavy atom. The van der Waals surface area contributed by atoms with Gasteiger partial charge in [0.05, 0.1) is 37.3 Å². The van der Waals surface area contributed by atoms with Crippen LogP contribution < -0.4 is 31.6 Å². The normalized spacial score (nSPS) is 12.7. The number of carboxylic acids is 1. The molecule has 6 N–H and O–H groups in total. The molecular weight excluding hydrogens is 939 g/mol. The highest BCUT2D eigenvalue weighted by molar-refractivity contribution is 5.97. The Labute approximate surface area is 424 Å². The number of imidazole rings is 1. The van der Waals surface area contributed by atoms with Gasteiger partial charge in [-0.15, -0.1) is 0 Å². The average Bonchev–Trinajstić information content (AvgIpc) is 3.62. The average molecular weight is 1010 g/mol. The van der Waals surface area contributed by atoms with Gasteiger partial charge in [0.2, 0.25) is 23.6 Å². The number of aromatic nitrogens is 3. The fraction of sp³-hybridized carbons (Fsp3) is 0.426. The number of nitrogens with one attached hydrogen (secondary N) is 5. The summed E-state index contributed by atoms with van der Waals surface area (Å²) in [5.41, 5.74) is 2.83. The van der Waals surface area contributed by atoms with Crippen LogP contribution in [0.15, 0.2) is 95.9 Å². The van der Waals surface area contributed by atoms with Gasteiger partial charge in [0, 0.05) is 32.5 Å². The van der Waals surface area contributed by atoms with E-state index >= 15 is 0 Å². The van der Waals surface area contributed by atoms with Crippen LogP contribution in [0.2, 0.25) is 0 Å². The number of carbonyl (C=O) groups excluding carboxylic acids is 6. The molecule has 0 spiro atoms. The molecule has 0 saturated heterocycles. The number of nitrogens with zero attached hydrogens (tertiary/aromatic N) is 2. The predicted molar refractivity (Wildman–Crippen MR) is 271 cm³/mol. The van der Waals surface area contributed by atoms with Crippen molar-refractivity contribution in [3.05, 3.63) is 124 Å². The van der Waals surface area contributed by atoms with E-state index in [4.69, 9.17) is 19.2 Å². The SMILES string of the molecule is CC(=O)N[C@@H](CC(=O)O)C(=O)N[C@@H](CC(=O)OC(C)(C)C)C(=O)N[C@@H](CC(=O)OC(C)(C)C)C(=O)NCCCCCCOc1cccc(Cc2nc3c(Cc4ccccc4)[nH]c(-c4ccccc4)cn-3c2=O)c1. The van der Waals surface area contributed by atoms with Crippen molar-refractivity contribution in [2.75, 3.05) is 13.2 Å². The van der Waals surface area contributed by atoms with Crippen molar-refractivity contribution in [2.45, 2.75) is 136 Å². The second kappa shape index (κ2) is 26.0. The van der Waals surface area contributed by atoms with E-state index in [1.54, 1.807) is 52.3 Å². The molecule has 4 amide bonds. The van der Waals surface area contributed by atoms with Gasteiger partial charge in [-0.3, -0.25) is 42.9 Å². The molecule has 3 aromatic carbocycles. The number of hydrogen-bond acceptors (Lipinski definition) is 12. The zero-order chi connectivity index (χ0) is 53.3. The molecule has 19 nitrogen and oxygen atoms in total. The molecule has 2 heterocycles. The summed E-state index contributed by atoms with van der Waals surface area (Å²) >= 11 is 0. The summed E-state index contributed by atoms with van der Waals surface area (Å²) in [5, 5.41) is 19.0. The number of rotatable bonds is 25. The van der Waals surface area contributed by atoms with Gasteiger partial charge in [-0.1, -0.05) is 85.6 Å². The summed E-state index contributed by atoms with van der Waals surface area (Å²) in [5.74, 6) is -5.52. The maximum Gasteiger partial charge on any atom is 0.308 e. The molecule has 0 aromatic heterocycles. The van der Waals surface area contributed by atoms with Crippen molar-refractivity contribution in [1.82, 2.24) is 35.8 Å². The van der Waals surface area contributed by atoms with Crippen LogP contribution in [0.4, 0.5) is 0 Å². The summed E-state index contributed by atoms with van der Waals surface area (Å²) in [6, 6.07) is 22.6. The van der Waals surface area contributed by atoms with E-state index in [0.29, 0.717) is 56.0 Å². The lowest BCUT2D eigenvalue weighted by Gasteiger charge is -2.26. The number of benzene rings is 3. The van der Waals surface area contributed by atoms with Crippen LogP contribution in [-0.4, -0.2) is 104 Å². The molecule has 0 aliphatic carbocycles. The summed E-state index contributed by atoms with van der Waals surface area (Å²) in [4.78, 5) is 112. The largest absolute Gasteiger partial charge is 0.494 e. The zero-order valence-electron chi connectivity index (χ0n) is 42.5. The van der Waals surface area contributed by atoms with Crippen molar-refractivity contribution in [2.24, 2.45) is 0 Å². The Kier molecular flexibility index (Phi) is 20.0. The molecule has 5 rings (SSSR count). The first-order chi connectivity index (χ1) is 34.5. The van der Waals surface area contributed by atoms with E-state index in [2.05, 4.69) is 26.3 Å². The van der Waals surface area contributed by atoms with Gasteiger partial charge in [-0.2, -0.15) is 0 Å². The molecular formula is C54H67N7O12. The molecule has 0 bridgehead atoms. The first kappa shape index (κ1) is 56.1. The van der Waals surface area contributed by atoms with Crippen molar-refractivity contribution in [1.29, 1.82) is 0 Å². The van der Waals surface area contributed by atoms with Crippen molar-refractivity contribution < 1.29 is 52.9 Å². The van der Waals surface area contributed by atoms with Gasteiger partial charge >= 0.3 is 17.9 Å². The molecule has 73 heavy (non-hydrogen) atoms. The molecule has 390 valence electrons. The highest BCUT2D eigenvalue weighted by atomic mass is 16.6. The van der Waals surface area contributed by atoms with Crippen LogP contribution in [0.5, 0.6) is 5.75 Å². The lowest BCUT2D eigenvalue weighted by atomic mass is 10.1. The number of fused-ring (bicyclic) bond motifs is 1. The third-order valence-corrected chi connectivity index (χ3v) is 10.9. The van der Waals surface area contributed by atoms with E-state index in [1.807, 2.05) is 84.9 Å². The number of aliphatic carboxylic acids is 1. The number of carboxylic acid groups (broad SMARTS) is 1. The molecule has 19 heteroatoms.